The lowest BCUT2D eigenvalue weighted by Gasteiger charge is -2.20. The Bertz CT molecular complexity index is 891. The number of hydrogen-bond acceptors (Lipinski definition) is 4. The van der Waals surface area contributed by atoms with E-state index in [1.54, 1.807) is 7.11 Å². The number of hydrogen-bond donors (Lipinski definition) is 2. The van der Waals surface area contributed by atoms with Crippen molar-refractivity contribution in [1.29, 1.82) is 0 Å². The van der Waals surface area contributed by atoms with Crippen LogP contribution in [0.2, 0.25) is 0 Å². The molecule has 1 heterocycles. The number of methoxy groups -OCH3 is 1. The highest BCUT2D eigenvalue weighted by Crippen LogP contribution is 2.36. The SMILES string of the molecule is COc1cc2c(cc1NC(=O)CNC(C)(C)C)oc1ccccc12. The molecule has 0 atom stereocenters. The summed E-state index contributed by atoms with van der Waals surface area (Å²) < 4.78 is 11.3. The predicted octanol–water partition coefficient (Wildman–Crippen LogP) is 3.92. The molecule has 0 radical (unpaired) electrons. The van der Waals surface area contributed by atoms with Gasteiger partial charge in [0.2, 0.25) is 5.91 Å². The lowest BCUT2D eigenvalue weighted by Crippen LogP contribution is -2.41. The van der Waals surface area contributed by atoms with Crippen molar-refractivity contribution in [2.24, 2.45) is 0 Å². The predicted molar refractivity (Wildman–Crippen MR) is 96.7 cm³/mol. The van der Waals surface area contributed by atoms with Gasteiger partial charge >= 0.3 is 0 Å². The Hall–Kier alpha value is -2.53. The minimum absolute atomic E-state index is 0.121. The van der Waals surface area contributed by atoms with Crippen LogP contribution in [0.5, 0.6) is 5.75 Å². The molecule has 3 aromatic rings. The fraction of sp³-hybridized carbons (Fsp3) is 0.316. The van der Waals surface area contributed by atoms with Crippen molar-refractivity contribution >= 4 is 33.5 Å². The Morgan fingerprint density at radius 1 is 1.12 bits per heavy atom. The molecule has 2 N–H and O–H groups in total. The molecule has 0 aliphatic heterocycles. The molecule has 0 saturated carbocycles. The average molecular weight is 326 g/mol. The second-order valence-electron chi connectivity index (χ2n) is 6.80. The number of furan rings is 1. The first-order chi connectivity index (χ1) is 11.4. The van der Waals surface area contributed by atoms with E-state index in [0.29, 0.717) is 11.4 Å². The van der Waals surface area contributed by atoms with E-state index in [4.69, 9.17) is 9.15 Å². The van der Waals surface area contributed by atoms with E-state index in [-0.39, 0.29) is 18.0 Å². The molecule has 0 aliphatic carbocycles. The van der Waals surface area contributed by atoms with Gasteiger partial charge in [0.05, 0.1) is 19.3 Å². The van der Waals surface area contributed by atoms with Crippen LogP contribution >= 0.6 is 0 Å². The number of ether oxygens (including phenoxy) is 1. The van der Waals surface area contributed by atoms with E-state index >= 15 is 0 Å². The molecule has 2 aromatic carbocycles. The summed E-state index contributed by atoms with van der Waals surface area (Å²) in [7, 11) is 1.59. The van der Waals surface area contributed by atoms with Gasteiger partial charge in [-0.15, -0.1) is 0 Å². The zero-order valence-electron chi connectivity index (χ0n) is 14.4. The van der Waals surface area contributed by atoms with Crippen LogP contribution < -0.4 is 15.4 Å². The van der Waals surface area contributed by atoms with Crippen molar-refractivity contribution in [2.45, 2.75) is 26.3 Å². The van der Waals surface area contributed by atoms with Crippen LogP contribution in [0.3, 0.4) is 0 Å². The van der Waals surface area contributed by atoms with Gasteiger partial charge in [-0.2, -0.15) is 0 Å². The Labute approximate surface area is 141 Å². The molecule has 0 fully saturated rings. The monoisotopic (exact) mass is 326 g/mol. The molecule has 24 heavy (non-hydrogen) atoms. The van der Waals surface area contributed by atoms with Crippen molar-refractivity contribution in [1.82, 2.24) is 5.32 Å². The molecule has 0 saturated heterocycles. The molecule has 0 bridgehead atoms. The van der Waals surface area contributed by atoms with Crippen LogP contribution in [0.1, 0.15) is 20.8 Å². The molecule has 5 heteroatoms. The van der Waals surface area contributed by atoms with Crippen LogP contribution in [0.15, 0.2) is 40.8 Å². The van der Waals surface area contributed by atoms with Gasteiger partial charge in [0.1, 0.15) is 16.9 Å². The molecule has 1 aromatic heterocycles. The van der Waals surface area contributed by atoms with Gasteiger partial charge in [-0.1, -0.05) is 18.2 Å². The summed E-state index contributed by atoms with van der Waals surface area (Å²) >= 11 is 0. The first-order valence-corrected chi connectivity index (χ1v) is 7.91. The molecule has 126 valence electrons. The summed E-state index contributed by atoms with van der Waals surface area (Å²) in [5.74, 6) is 0.483. The van der Waals surface area contributed by atoms with E-state index in [9.17, 15) is 4.79 Å². The van der Waals surface area contributed by atoms with E-state index < -0.39 is 0 Å². The summed E-state index contributed by atoms with van der Waals surface area (Å²) in [6.45, 7) is 6.27. The van der Waals surface area contributed by atoms with Gasteiger partial charge in [0.15, 0.2) is 0 Å². The second kappa shape index (κ2) is 6.17. The number of anilines is 1. The largest absolute Gasteiger partial charge is 0.495 e. The molecular weight excluding hydrogens is 304 g/mol. The quantitative estimate of drug-likeness (QED) is 0.763. The zero-order valence-corrected chi connectivity index (χ0v) is 14.4. The van der Waals surface area contributed by atoms with Crippen LogP contribution in [-0.2, 0) is 4.79 Å². The van der Waals surface area contributed by atoms with Gasteiger partial charge in [-0.25, -0.2) is 0 Å². The molecule has 5 nitrogen and oxygen atoms in total. The molecule has 0 spiro atoms. The first-order valence-electron chi connectivity index (χ1n) is 7.91. The lowest BCUT2D eigenvalue weighted by atomic mass is 10.1. The normalized spacial score (nSPS) is 11.8. The molecule has 1 amide bonds. The summed E-state index contributed by atoms with van der Waals surface area (Å²) in [6.07, 6.45) is 0. The van der Waals surface area contributed by atoms with Gasteiger partial charge < -0.3 is 19.8 Å². The lowest BCUT2D eigenvalue weighted by molar-refractivity contribution is -0.115. The first kappa shape index (κ1) is 16.3. The Kier molecular flexibility index (Phi) is 4.20. The van der Waals surface area contributed by atoms with Crippen molar-refractivity contribution in [3.05, 3.63) is 36.4 Å². The van der Waals surface area contributed by atoms with Gasteiger partial charge in [0, 0.05) is 22.4 Å². The van der Waals surface area contributed by atoms with E-state index in [1.807, 2.05) is 57.2 Å². The van der Waals surface area contributed by atoms with Gasteiger partial charge in [-0.05, 0) is 32.9 Å². The third-order valence-electron chi connectivity index (χ3n) is 3.75. The molecule has 0 aliphatic rings. The van der Waals surface area contributed by atoms with Crippen molar-refractivity contribution in [3.8, 4) is 5.75 Å². The number of carbonyl (C=O) groups is 1. The number of fused-ring (bicyclic) bond motifs is 3. The summed E-state index contributed by atoms with van der Waals surface area (Å²) in [5, 5.41) is 8.04. The van der Waals surface area contributed by atoms with E-state index in [0.717, 1.165) is 21.9 Å². The van der Waals surface area contributed by atoms with Crippen LogP contribution in [0, 0.1) is 0 Å². The third kappa shape index (κ3) is 3.36. The highest BCUT2D eigenvalue weighted by Gasteiger charge is 2.15. The number of para-hydroxylation sites is 1. The second-order valence-corrected chi connectivity index (χ2v) is 6.80. The summed E-state index contributed by atoms with van der Waals surface area (Å²) in [5.41, 5.74) is 2.01. The van der Waals surface area contributed by atoms with Crippen molar-refractivity contribution < 1.29 is 13.9 Å². The van der Waals surface area contributed by atoms with Crippen LogP contribution in [-0.4, -0.2) is 25.1 Å². The molecule has 0 unspecified atom stereocenters. The molecule has 3 rings (SSSR count). The maximum absolute atomic E-state index is 12.2. The fourth-order valence-corrected chi connectivity index (χ4v) is 2.56. The van der Waals surface area contributed by atoms with Crippen molar-refractivity contribution in [3.63, 3.8) is 0 Å². The minimum atomic E-state index is -0.126. The van der Waals surface area contributed by atoms with Crippen molar-refractivity contribution in [2.75, 3.05) is 19.0 Å². The number of carbonyl (C=O) groups excluding carboxylic acids is 1. The minimum Gasteiger partial charge on any atom is -0.495 e. The smallest absolute Gasteiger partial charge is 0.238 e. The Morgan fingerprint density at radius 3 is 2.58 bits per heavy atom. The zero-order chi connectivity index (χ0) is 17.3. The highest BCUT2D eigenvalue weighted by atomic mass is 16.5. The number of benzene rings is 2. The van der Waals surface area contributed by atoms with E-state index in [1.165, 1.54) is 0 Å². The highest BCUT2D eigenvalue weighted by molar-refractivity contribution is 6.07. The maximum Gasteiger partial charge on any atom is 0.238 e. The number of amides is 1. The van der Waals surface area contributed by atoms with Crippen LogP contribution in [0.25, 0.3) is 21.9 Å². The Balaban J connectivity index is 1.92. The van der Waals surface area contributed by atoms with Crippen LogP contribution in [0.4, 0.5) is 5.69 Å². The van der Waals surface area contributed by atoms with Gasteiger partial charge in [-0.3, -0.25) is 4.79 Å². The van der Waals surface area contributed by atoms with Gasteiger partial charge in [0.25, 0.3) is 0 Å². The standard InChI is InChI=1S/C19H22N2O3/c1-19(2,3)20-11-18(22)21-14-10-16-13(9-17(14)23-4)12-7-5-6-8-15(12)24-16/h5-10,20H,11H2,1-4H3,(H,21,22). The number of rotatable bonds is 4. The topological polar surface area (TPSA) is 63.5 Å². The van der Waals surface area contributed by atoms with E-state index in [2.05, 4.69) is 10.6 Å². The third-order valence-corrected chi connectivity index (χ3v) is 3.75. The summed E-state index contributed by atoms with van der Waals surface area (Å²) in [4.78, 5) is 12.2. The Morgan fingerprint density at radius 2 is 1.88 bits per heavy atom. The average Bonchev–Trinajstić information content (AvgIpc) is 2.89. The fourth-order valence-electron chi connectivity index (χ4n) is 2.56. The summed E-state index contributed by atoms with van der Waals surface area (Å²) in [6, 6.07) is 11.5. The molecular formula is C19H22N2O3. The maximum atomic E-state index is 12.2. The number of nitrogens with one attached hydrogen (secondary N) is 2.